The third-order valence-electron chi connectivity index (χ3n) is 3.96. The summed E-state index contributed by atoms with van der Waals surface area (Å²) in [6, 6.07) is 24.0. The van der Waals surface area contributed by atoms with Gasteiger partial charge in [0.25, 0.3) is 0 Å². The minimum atomic E-state index is -0.359. The molecule has 0 heterocycles. The molecule has 0 unspecified atom stereocenters. The topological polar surface area (TPSA) is 50.1 Å². The molecule has 0 radical (unpaired) electrons. The van der Waals surface area contributed by atoms with Crippen LogP contribution in [0.2, 0.25) is 0 Å². The summed E-state index contributed by atoms with van der Waals surface area (Å²) in [5.41, 5.74) is 1.45. The average Bonchev–Trinajstić information content (AvgIpc) is 2.72. The van der Waals surface area contributed by atoms with Crippen LogP contribution < -0.4 is 4.74 Å². The van der Waals surface area contributed by atoms with Crippen LogP contribution in [0, 0.1) is 17.1 Å². The van der Waals surface area contributed by atoms with Gasteiger partial charge in [-0.3, -0.25) is 4.79 Å². The first kappa shape index (κ1) is 18.1. The van der Waals surface area contributed by atoms with Crippen LogP contribution in [-0.2, 0) is 6.61 Å². The summed E-state index contributed by atoms with van der Waals surface area (Å²) in [4.78, 5) is 12.5. The molecule has 0 spiro atoms. The number of carbonyl (C=O) groups excluding carboxylic acids is 1. The molecule has 3 aromatic rings. The minimum Gasteiger partial charge on any atom is -0.488 e. The van der Waals surface area contributed by atoms with Crippen LogP contribution in [0.25, 0.3) is 6.08 Å². The van der Waals surface area contributed by atoms with Crippen molar-refractivity contribution in [3.63, 3.8) is 0 Å². The van der Waals surface area contributed by atoms with E-state index in [0.29, 0.717) is 22.4 Å². The summed E-state index contributed by atoms with van der Waals surface area (Å²) >= 11 is 0. The third-order valence-corrected chi connectivity index (χ3v) is 3.96. The molecule has 0 fully saturated rings. The lowest BCUT2D eigenvalue weighted by Gasteiger charge is -2.10. The molecule has 0 bridgehead atoms. The number of nitrogens with zero attached hydrogens (tertiary/aromatic N) is 1. The maximum absolute atomic E-state index is 13.8. The molecule has 27 heavy (non-hydrogen) atoms. The second-order valence-electron chi connectivity index (χ2n) is 5.78. The third kappa shape index (κ3) is 4.47. The molecule has 0 aromatic heterocycles. The zero-order valence-corrected chi connectivity index (χ0v) is 14.4. The first-order valence-electron chi connectivity index (χ1n) is 8.36. The Bertz CT molecular complexity index is 1020. The van der Waals surface area contributed by atoms with Crippen LogP contribution in [0.1, 0.15) is 21.5 Å². The van der Waals surface area contributed by atoms with Gasteiger partial charge in [-0.15, -0.1) is 0 Å². The number of ketones is 1. The van der Waals surface area contributed by atoms with Gasteiger partial charge in [0.15, 0.2) is 0 Å². The van der Waals surface area contributed by atoms with E-state index in [9.17, 15) is 14.4 Å². The lowest BCUT2D eigenvalue weighted by atomic mass is 10.0. The molecule has 0 atom stereocenters. The van der Waals surface area contributed by atoms with E-state index in [1.807, 2.05) is 6.07 Å². The number of allylic oxidation sites excluding steroid dienone is 1. The molecule has 0 saturated carbocycles. The number of carbonyl (C=O) groups is 1. The van der Waals surface area contributed by atoms with Crippen molar-refractivity contribution in [3.8, 4) is 11.8 Å². The molecular formula is C23H16FNO2. The fourth-order valence-corrected chi connectivity index (χ4v) is 2.55. The fraction of sp³-hybridized carbons (Fsp3) is 0.0435. The molecule has 0 aliphatic rings. The highest BCUT2D eigenvalue weighted by Gasteiger charge is 2.13. The molecule has 0 aliphatic heterocycles. The van der Waals surface area contributed by atoms with Gasteiger partial charge < -0.3 is 4.74 Å². The maximum atomic E-state index is 13.8. The molecular weight excluding hydrogens is 341 g/mol. The van der Waals surface area contributed by atoms with Crippen molar-refractivity contribution in [2.45, 2.75) is 6.61 Å². The molecule has 0 saturated heterocycles. The quantitative estimate of drug-likeness (QED) is 0.346. The number of halogens is 1. The Morgan fingerprint density at radius 3 is 2.37 bits per heavy atom. The number of ether oxygens (including phenoxy) is 1. The van der Waals surface area contributed by atoms with E-state index >= 15 is 0 Å². The van der Waals surface area contributed by atoms with Crippen LogP contribution >= 0.6 is 0 Å². The number of Topliss-reactive ketones (excluding diaryl/α,β-unsaturated/α-hetero) is 1. The van der Waals surface area contributed by atoms with Crippen molar-refractivity contribution in [2.75, 3.05) is 0 Å². The molecule has 3 rings (SSSR count). The molecule has 3 nitrogen and oxygen atoms in total. The lowest BCUT2D eigenvalue weighted by Crippen LogP contribution is -2.02. The Morgan fingerprint density at radius 2 is 1.63 bits per heavy atom. The number of rotatable bonds is 6. The van der Waals surface area contributed by atoms with Crippen LogP contribution in [0.5, 0.6) is 5.75 Å². The number of benzene rings is 3. The highest BCUT2D eigenvalue weighted by atomic mass is 19.1. The Kier molecular flexibility index (Phi) is 5.76. The minimum absolute atomic E-state index is 0.00291. The summed E-state index contributed by atoms with van der Waals surface area (Å²) in [7, 11) is 0. The summed E-state index contributed by atoms with van der Waals surface area (Å²) < 4.78 is 19.5. The van der Waals surface area contributed by atoms with Gasteiger partial charge in [0.05, 0.1) is 0 Å². The summed E-state index contributed by atoms with van der Waals surface area (Å²) in [6.07, 6.45) is 1.49. The van der Waals surface area contributed by atoms with Crippen molar-refractivity contribution in [1.82, 2.24) is 0 Å². The number of hydrogen-bond acceptors (Lipinski definition) is 3. The van der Waals surface area contributed by atoms with E-state index in [4.69, 9.17) is 4.74 Å². The maximum Gasteiger partial charge on any atom is 0.203 e. The summed E-state index contributed by atoms with van der Waals surface area (Å²) in [6.45, 7) is 0.0477. The van der Waals surface area contributed by atoms with Crippen LogP contribution in [-0.4, -0.2) is 5.78 Å². The summed E-state index contributed by atoms with van der Waals surface area (Å²) in [5, 5.41) is 9.42. The average molecular weight is 357 g/mol. The van der Waals surface area contributed by atoms with E-state index in [2.05, 4.69) is 0 Å². The molecule has 0 amide bonds. The van der Waals surface area contributed by atoms with E-state index in [1.165, 1.54) is 12.1 Å². The predicted octanol–water partition coefficient (Wildman–Crippen LogP) is 5.19. The van der Waals surface area contributed by atoms with Crippen LogP contribution in [0.15, 0.2) is 84.4 Å². The first-order valence-corrected chi connectivity index (χ1v) is 8.36. The smallest absolute Gasteiger partial charge is 0.203 e. The highest BCUT2D eigenvalue weighted by Crippen LogP contribution is 2.23. The second-order valence-corrected chi connectivity index (χ2v) is 5.78. The van der Waals surface area contributed by atoms with Crippen molar-refractivity contribution in [3.05, 3.63) is 107 Å². The molecule has 0 aliphatic carbocycles. The van der Waals surface area contributed by atoms with Gasteiger partial charge in [-0.2, -0.15) is 5.26 Å². The summed E-state index contributed by atoms with van der Waals surface area (Å²) in [5.74, 6) is -0.237. The second kappa shape index (κ2) is 8.59. The predicted molar refractivity (Wildman–Crippen MR) is 102 cm³/mol. The number of hydrogen-bond donors (Lipinski definition) is 0. The molecule has 0 N–H and O–H groups in total. The van der Waals surface area contributed by atoms with Gasteiger partial charge in [0.1, 0.15) is 29.8 Å². The van der Waals surface area contributed by atoms with Crippen molar-refractivity contribution in [2.24, 2.45) is 0 Å². The fourth-order valence-electron chi connectivity index (χ4n) is 2.55. The standard InChI is InChI=1S/C23H16FNO2/c24-21-12-6-4-11-19(21)16-27-22-13-7-5-10-18(22)14-20(15-25)23(26)17-8-2-1-3-9-17/h1-14H,16H2/b20-14+. The van der Waals surface area contributed by atoms with Crippen molar-refractivity contribution < 1.29 is 13.9 Å². The van der Waals surface area contributed by atoms with Gasteiger partial charge in [0.2, 0.25) is 5.78 Å². The first-order chi connectivity index (χ1) is 13.2. The van der Waals surface area contributed by atoms with Crippen molar-refractivity contribution >= 4 is 11.9 Å². The van der Waals surface area contributed by atoms with Gasteiger partial charge >= 0.3 is 0 Å². The van der Waals surface area contributed by atoms with Crippen LogP contribution in [0.4, 0.5) is 4.39 Å². The van der Waals surface area contributed by atoms with Gasteiger partial charge in [0, 0.05) is 16.7 Å². The van der Waals surface area contributed by atoms with Gasteiger partial charge in [-0.25, -0.2) is 4.39 Å². The zero-order valence-electron chi connectivity index (χ0n) is 14.4. The van der Waals surface area contributed by atoms with E-state index < -0.39 is 0 Å². The molecule has 132 valence electrons. The molecule has 4 heteroatoms. The Hall–Kier alpha value is -3.71. The lowest BCUT2D eigenvalue weighted by molar-refractivity contribution is 0.104. The number of nitriles is 1. The van der Waals surface area contributed by atoms with Gasteiger partial charge in [-0.05, 0) is 18.2 Å². The van der Waals surface area contributed by atoms with E-state index in [-0.39, 0.29) is 23.8 Å². The Morgan fingerprint density at radius 1 is 0.963 bits per heavy atom. The van der Waals surface area contributed by atoms with Crippen molar-refractivity contribution in [1.29, 1.82) is 5.26 Å². The molecule has 3 aromatic carbocycles. The van der Waals surface area contributed by atoms with E-state index in [0.717, 1.165) is 0 Å². The SMILES string of the molecule is N#C/C(=C\c1ccccc1OCc1ccccc1F)C(=O)c1ccccc1. The monoisotopic (exact) mass is 357 g/mol. The van der Waals surface area contributed by atoms with Gasteiger partial charge in [-0.1, -0.05) is 66.7 Å². The Balaban J connectivity index is 1.86. The zero-order chi connectivity index (χ0) is 19.1. The highest BCUT2D eigenvalue weighted by molar-refractivity contribution is 6.14. The Labute approximate surface area is 157 Å². The van der Waals surface area contributed by atoms with E-state index in [1.54, 1.807) is 72.8 Å². The van der Waals surface area contributed by atoms with Crippen LogP contribution in [0.3, 0.4) is 0 Å². The normalized spacial score (nSPS) is 10.9. The largest absolute Gasteiger partial charge is 0.488 e. The number of para-hydroxylation sites is 1.